The average Bonchev–Trinajstić information content (AvgIpc) is 3.14. The van der Waals surface area contributed by atoms with E-state index >= 15 is 0 Å². The van der Waals surface area contributed by atoms with Crippen LogP contribution in [-0.2, 0) is 4.79 Å². The fraction of sp³-hybridized carbons (Fsp3) is 0.846. The number of nitrogens with two attached hydrogens (primary N) is 1. The number of likely N-dealkylation sites (tertiary alicyclic amines) is 1. The predicted octanol–water partition coefficient (Wildman–Crippen LogP) is 0.456. The Morgan fingerprint density at radius 2 is 2.00 bits per heavy atom. The van der Waals surface area contributed by atoms with Gasteiger partial charge in [-0.15, -0.1) is 12.4 Å². The van der Waals surface area contributed by atoms with Crippen molar-refractivity contribution < 1.29 is 9.59 Å². The SMILES string of the molecule is CC1CCN(CC(=O)NC(=O)NC2CC2)C(CN)C1.Cl. The van der Waals surface area contributed by atoms with Gasteiger partial charge >= 0.3 is 6.03 Å². The van der Waals surface area contributed by atoms with E-state index in [4.69, 9.17) is 5.73 Å². The molecule has 0 aromatic heterocycles. The summed E-state index contributed by atoms with van der Waals surface area (Å²) in [7, 11) is 0. The molecule has 3 amide bonds. The third-order valence-electron chi connectivity index (χ3n) is 3.88. The van der Waals surface area contributed by atoms with Crippen molar-refractivity contribution in [2.45, 2.75) is 44.7 Å². The summed E-state index contributed by atoms with van der Waals surface area (Å²) in [5.41, 5.74) is 5.75. The minimum Gasteiger partial charge on any atom is -0.335 e. The number of nitrogens with zero attached hydrogens (tertiary/aromatic N) is 1. The maximum absolute atomic E-state index is 11.8. The molecule has 1 saturated carbocycles. The molecular formula is C13H25ClN4O2. The number of rotatable bonds is 4. The van der Waals surface area contributed by atoms with Gasteiger partial charge in [0, 0.05) is 18.6 Å². The van der Waals surface area contributed by atoms with Crippen LogP contribution < -0.4 is 16.4 Å². The number of piperidine rings is 1. The topological polar surface area (TPSA) is 87.5 Å². The normalized spacial score (nSPS) is 26.5. The number of carbonyl (C=O) groups is 2. The van der Waals surface area contributed by atoms with Gasteiger partial charge in [0.15, 0.2) is 0 Å². The number of imide groups is 1. The lowest BCUT2D eigenvalue weighted by Gasteiger charge is -2.37. The second kappa shape index (κ2) is 7.81. The van der Waals surface area contributed by atoms with E-state index in [-0.39, 0.29) is 43.0 Å². The number of amides is 3. The zero-order chi connectivity index (χ0) is 13.8. The Labute approximate surface area is 126 Å². The molecule has 1 heterocycles. The zero-order valence-corrected chi connectivity index (χ0v) is 12.7. The van der Waals surface area contributed by atoms with Gasteiger partial charge in [-0.1, -0.05) is 6.92 Å². The second-order valence-electron chi connectivity index (χ2n) is 5.79. The Bertz CT molecular complexity index is 349. The van der Waals surface area contributed by atoms with Gasteiger partial charge in [0.25, 0.3) is 0 Å². The van der Waals surface area contributed by atoms with Crippen LogP contribution in [0.3, 0.4) is 0 Å². The van der Waals surface area contributed by atoms with Crippen LogP contribution in [0.5, 0.6) is 0 Å². The Morgan fingerprint density at radius 1 is 1.30 bits per heavy atom. The summed E-state index contributed by atoms with van der Waals surface area (Å²) in [5.74, 6) is 0.414. The molecule has 0 aromatic rings. The minimum atomic E-state index is -0.373. The Morgan fingerprint density at radius 3 is 2.60 bits per heavy atom. The van der Waals surface area contributed by atoms with Crippen LogP contribution in [-0.4, -0.2) is 48.6 Å². The van der Waals surface area contributed by atoms with Crippen LogP contribution in [0.4, 0.5) is 4.79 Å². The van der Waals surface area contributed by atoms with Crippen molar-refractivity contribution in [3.63, 3.8) is 0 Å². The Balaban J connectivity index is 0.00000200. The third kappa shape index (κ3) is 5.26. The second-order valence-corrected chi connectivity index (χ2v) is 5.79. The maximum Gasteiger partial charge on any atom is 0.321 e. The molecule has 1 aliphatic heterocycles. The van der Waals surface area contributed by atoms with E-state index in [0.717, 1.165) is 32.2 Å². The third-order valence-corrected chi connectivity index (χ3v) is 3.88. The van der Waals surface area contributed by atoms with Gasteiger partial charge in [-0.3, -0.25) is 15.0 Å². The molecule has 7 heteroatoms. The van der Waals surface area contributed by atoms with Crippen molar-refractivity contribution in [1.29, 1.82) is 0 Å². The molecule has 2 rings (SSSR count). The van der Waals surface area contributed by atoms with Crippen molar-refractivity contribution in [3.8, 4) is 0 Å². The number of hydrogen-bond acceptors (Lipinski definition) is 4. The van der Waals surface area contributed by atoms with Crippen molar-refractivity contribution in [2.75, 3.05) is 19.6 Å². The molecular weight excluding hydrogens is 280 g/mol. The lowest BCUT2D eigenvalue weighted by atomic mass is 9.92. The molecule has 2 atom stereocenters. The van der Waals surface area contributed by atoms with E-state index in [1.165, 1.54) is 0 Å². The molecule has 2 fully saturated rings. The molecule has 20 heavy (non-hydrogen) atoms. The van der Waals surface area contributed by atoms with Crippen molar-refractivity contribution >= 4 is 24.3 Å². The average molecular weight is 305 g/mol. The first-order chi connectivity index (χ1) is 9.08. The molecule has 1 aliphatic carbocycles. The summed E-state index contributed by atoms with van der Waals surface area (Å²) in [6, 6.07) is 0.142. The summed E-state index contributed by atoms with van der Waals surface area (Å²) in [5, 5.41) is 5.12. The molecule has 0 bridgehead atoms. The highest BCUT2D eigenvalue weighted by Crippen LogP contribution is 2.21. The number of hydrogen-bond donors (Lipinski definition) is 3. The lowest BCUT2D eigenvalue weighted by molar-refractivity contribution is -0.122. The Hall–Kier alpha value is -0.850. The minimum absolute atomic E-state index is 0. The summed E-state index contributed by atoms with van der Waals surface area (Å²) in [6.45, 7) is 3.91. The van der Waals surface area contributed by atoms with Crippen LogP contribution in [0.15, 0.2) is 0 Å². The van der Waals surface area contributed by atoms with E-state index < -0.39 is 0 Å². The first-order valence-electron chi connectivity index (χ1n) is 7.13. The fourth-order valence-electron chi connectivity index (χ4n) is 2.55. The molecule has 116 valence electrons. The molecule has 4 N–H and O–H groups in total. The van der Waals surface area contributed by atoms with E-state index in [2.05, 4.69) is 22.5 Å². The number of carbonyl (C=O) groups excluding carboxylic acids is 2. The molecule has 6 nitrogen and oxygen atoms in total. The van der Waals surface area contributed by atoms with Gasteiger partial charge in [-0.05, 0) is 38.1 Å². The van der Waals surface area contributed by atoms with Crippen LogP contribution in [0, 0.1) is 5.92 Å². The van der Waals surface area contributed by atoms with Gasteiger partial charge in [-0.25, -0.2) is 4.79 Å². The molecule has 0 spiro atoms. The van der Waals surface area contributed by atoms with Crippen molar-refractivity contribution in [2.24, 2.45) is 11.7 Å². The largest absolute Gasteiger partial charge is 0.335 e. The van der Waals surface area contributed by atoms with Gasteiger partial charge in [0.1, 0.15) is 0 Å². The molecule has 1 saturated heterocycles. The van der Waals surface area contributed by atoms with Crippen molar-refractivity contribution in [3.05, 3.63) is 0 Å². The molecule has 2 aliphatic rings. The van der Waals surface area contributed by atoms with Crippen LogP contribution in [0.2, 0.25) is 0 Å². The summed E-state index contributed by atoms with van der Waals surface area (Å²) in [4.78, 5) is 25.4. The highest BCUT2D eigenvalue weighted by Gasteiger charge is 2.28. The predicted molar refractivity (Wildman–Crippen MR) is 79.8 cm³/mol. The van der Waals surface area contributed by atoms with Crippen molar-refractivity contribution in [1.82, 2.24) is 15.5 Å². The van der Waals surface area contributed by atoms with E-state index in [9.17, 15) is 9.59 Å². The van der Waals surface area contributed by atoms with Crippen LogP contribution in [0.1, 0.15) is 32.6 Å². The molecule has 0 aromatic carbocycles. The maximum atomic E-state index is 11.8. The lowest BCUT2D eigenvalue weighted by Crippen LogP contribution is -2.51. The summed E-state index contributed by atoms with van der Waals surface area (Å²) in [6.07, 6.45) is 4.14. The smallest absolute Gasteiger partial charge is 0.321 e. The first-order valence-corrected chi connectivity index (χ1v) is 7.13. The van der Waals surface area contributed by atoms with Gasteiger partial charge < -0.3 is 11.1 Å². The van der Waals surface area contributed by atoms with Gasteiger partial charge in [-0.2, -0.15) is 0 Å². The standard InChI is InChI=1S/C13H24N4O2.ClH/c1-9-4-5-17(11(6-9)7-14)8-12(18)16-13(19)15-10-2-3-10;/h9-11H,2-8,14H2,1H3,(H2,15,16,18,19);1H. The van der Waals surface area contributed by atoms with E-state index in [1.807, 2.05) is 0 Å². The summed E-state index contributed by atoms with van der Waals surface area (Å²) >= 11 is 0. The number of urea groups is 1. The monoisotopic (exact) mass is 304 g/mol. The van der Waals surface area contributed by atoms with E-state index in [1.54, 1.807) is 0 Å². The van der Waals surface area contributed by atoms with Crippen LogP contribution in [0.25, 0.3) is 0 Å². The van der Waals surface area contributed by atoms with Gasteiger partial charge in [0.05, 0.1) is 6.54 Å². The number of halogens is 1. The highest BCUT2D eigenvalue weighted by molar-refractivity contribution is 5.95. The highest BCUT2D eigenvalue weighted by atomic mass is 35.5. The zero-order valence-electron chi connectivity index (χ0n) is 11.9. The molecule has 2 unspecified atom stereocenters. The molecule has 0 radical (unpaired) electrons. The summed E-state index contributed by atoms with van der Waals surface area (Å²) < 4.78 is 0. The van der Waals surface area contributed by atoms with E-state index in [0.29, 0.717) is 12.5 Å². The van der Waals surface area contributed by atoms with Crippen LogP contribution >= 0.6 is 12.4 Å². The van der Waals surface area contributed by atoms with Gasteiger partial charge in [0.2, 0.25) is 5.91 Å². The first kappa shape index (κ1) is 17.2. The quantitative estimate of drug-likeness (QED) is 0.704. The fourth-order valence-corrected chi connectivity index (χ4v) is 2.55. The Kier molecular flexibility index (Phi) is 6.71. The number of nitrogens with one attached hydrogen (secondary N) is 2.